The highest BCUT2D eigenvalue weighted by Crippen LogP contribution is 2.35. The van der Waals surface area contributed by atoms with Crippen molar-refractivity contribution in [2.75, 3.05) is 18.5 Å². The van der Waals surface area contributed by atoms with Crippen LogP contribution in [0.25, 0.3) is 0 Å². The first kappa shape index (κ1) is 11.4. The Labute approximate surface area is 104 Å². The smallest absolute Gasteiger partial charge is 0.185 e. The summed E-state index contributed by atoms with van der Waals surface area (Å²) in [6.45, 7) is 5.37. The third-order valence-corrected chi connectivity index (χ3v) is 4.99. The molecule has 0 bridgehead atoms. The van der Waals surface area contributed by atoms with Crippen molar-refractivity contribution in [3.63, 3.8) is 0 Å². The van der Waals surface area contributed by atoms with E-state index in [1.807, 2.05) is 0 Å². The van der Waals surface area contributed by atoms with E-state index < -0.39 is 0 Å². The van der Waals surface area contributed by atoms with Gasteiger partial charge in [0, 0.05) is 23.3 Å². The zero-order valence-corrected chi connectivity index (χ0v) is 11.9. The Morgan fingerprint density at radius 1 is 1.47 bits per heavy atom. The van der Waals surface area contributed by atoms with Crippen LogP contribution in [0.15, 0.2) is 0 Å². The van der Waals surface area contributed by atoms with Crippen molar-refractivity contribution in [1.29, 1.82) is 0 Å². The lowest BCUT2D eigenvalue weighted by Gasteiger charge is -2.34. The number of aromatic nitrogens is 1. The number of aryl methyl sites for hydroxylation is 2. The molecule has 1 saturated carbocycles. The van der Waals surface area contributed by atoms with E-state index in [1.165, 1.54) is 28.5 Å². The molecule has 1 heterocycles. The molecule has 1 aliphatic rings. The molecular weight excluding hydrogens is 272 g/mol. The van der Waals surface area contributed by atoms with Crippen molar-refractivity contribution >= 4 is 32.4 Å². The fourth-order valence-corrected chi connectivity index (χ4v) is 3.83. The quantitative estimate of drug-likeness (QED) is 0.793. The van der Waals surface area contributed by atoms with Gasteiger partial charge >= 0.3 is 0 Å². The Balaban J connectivity index is 1.93. The van der Waals surface area contributed by atoms with Crippen LogP contribution < -0.4 is 4.90 Å². The van der Waals surface area contributed by atoms with Crippen LogP contribution in [-0.2, 0) is 0 Å². The average molecular weight is 289 g/mol. The summed E-state index contributed by atoms with van der Waals surface area (Å²) in [6, 6.07) is 0. The van der Waals surface area contributed by atoms with Crippen molar-refractivity contribution in [3.05, 3.63) is 10.6 Å². The molecule has 0 saturated heterocycles. The number of hydrogen-bond acceptors (Lipinski definition) is 3. The summed E-state index contributed by atoms with van der Waals surface area (Å²) in [6.07, 6.45) is 2.63. The van der Waals surface area contributed by atoms with E-state index in [2.05, 4.69) is 46.7 Å². The van der Waals surface area contributed by atoms with Gasteiger partial charge < -0.3 is 4.90 Å². The predicted octanol–water partition coefficient (Wildman–Crippen LogP) is 3.37. The first-order valence-corrected chi connectivity index (χ1v) is 7.08. The van der Waals surface area contributed by atoms with Crippen molar-refractivity contribution in [2.24, 2.45) is 5.92 Å². The summed E-state index contributed by atoms with van der Waals surface area (Å²) in [5.74, 6) is 0.851. The summed E-state index contributed by atoms with van der Waals surface area (Å²) in [7, 11) is 2.15. The number of rotatable bonds is 3. The minimum absolute atomic E-state index is 0.760. The van der Waals surface area contributed by atoms with E-state index >= 15 is 0 Å². The molecule has 0 aliphatic heterocycles. The van der Waals surface area contributed by atoms with Gasteiger partial charge in [-0.05, 0) is 32.6 Å². The number of nitrogens with zero attached hydrogens (tertiary/aromatic N) is 2. The summed E-state index contributed by atoms with van der Waals surface area (Å²) in [5, 5.41) is 1.17. The normalized spacial score (nSPS) is 25.1. The molecule has 84 valence electrons. The van der Waals surface area contributed by atoms with Gasteiger partial charge in [0.25, 0.3) is 0 Å². The van der Waals surface area contributed by atoms with Gasteiger partial charge in [0.05, 0.1) is 5.69 Å². The predicted molar refractivity (Wildman–Crippen MR) is 70.3 cm³/mol. The van der Waals surface area contributed by atoms with Crippen LogP contribution in [0, 0.1) is 19.8 Å². The number of anilines is 1. The Bertz CT molecular complexity index is 325. The Morgan fingerprint density at radius 3 is 2.60 bits per heavy atom. The lowest BCUT2D eigenvalue weighted by Crippen LogP contribution is -2.34. The van der Waals surface area contributed by atoms with Crippen molar-refractivity contribution < 1.29 is 0 Å². The maximum Gasteiger partial charge on any atom is 0.185 e. The third-order valence-electron chi connectivity index (χ3n) is 3.05. The molecule has 1 aliphatic carbocycles. The highest BCUT2D eigenvalue weighted by Gasteiger charge is 2.28. The zero-order valence-electron chi connectivity index (χ0n) is 9.46. The van der Waals surface area contributed by atoms with E-state index in [0.29, 0.717) is 0 Å². The van der Waals surface area contributed by atoms with Crippen LogP contribution >= 0.6 is 27.3 Å². The topological polar surface area (TPSA) is 16.1 Å². The fourth-order valence-electron chi connectivity index (χ4n) is 1.89. The van der Waals surface area contributed by atoms with E-state index in [9.17, 15) is 0 Å². The summed E-state index contributed by atoms with van der Waals surface area (Å²) < 4.78 is 0. The van der Waals surface area contributed by atoms with Crippen molar-refractivity contribution in [1.82, 2.24) is 4.98 Å². The molecule has 4 heteroatoms. The van der Waals surface area contributed by atoms with Gasteiger partial charge in [-0.25, -0.2) is 4.98 Å². The molecule has 0 amide bonds. The molecule has 0 aromatic carbocycles. The second-order valence-electron chi connectivity index (χ2n) is 4.45. The van der Waals surface area contributed by atoms with Crippen LogP contribution in [0.5, 0.6) is 0 Å². The number of alkyl halides is 1. The van der Waals surface area contributed by atoms with Crippen LogP contribution in [-0.4, -0.2) is 23.4 Å². The average Bonchev–Trinajstić information content (AvgIpc) is 2.44. The van der Waals surface area contributed by atoms with Crippen LogP contribution in [0.3, 0.4) is 0 Å². The molecule has 0 radical (unpaired) electrons. The maximum atomic E-state index is 4.57. The van der Waals surface area contributed by atoms with Crippen LogP contribution in [0.2, 0.25) is 0 Å². The summed E-state index contributed by atoms with van der Waals surface area (Å²) >= 11 is 5.43. The first-order chi connectivity index (χ1) is 7.06. The van der Waals surface area contributed by atoms with Gasteiger partial charge in [0.1, 0.15) is 0 Å². The molecule has 2 rings (SSSR count). The van der Waals surface area contributed by atoms with Gasteiger partial charge in [-0.15, -0.1) is 11.3 Å². The Morgan fingerprint density at radius 2 is 2.13 bits per heavy atom. The molecule has 0 unspecified atom stereocenters. The van der Waals surface area contributed by atoms with E-state index in [1.54, 1.807) is 11.3 Å². The number of hydrogen-bond donors (Lipinski definition) is 0. The monoisotopic (exact) mass is 288 g/mol. The number of thiazole rings is 1. The third kappa shape index (κ3) is 2.53. The second kappa shape index (κ2) is 4.42. The molecule has 0 atom stereocenters. The lowest BCUT2D eigenvalue weighted by molar-refractivity contribution is 0.339. The zero-order chi connectivity index (χ0) is 11.0. The van der Waals surface area contributed by atoms with Crippen LogP contribution in [0.1, 0.15) is 23.4 Å². The molecule has 0 spiro atoms. The highest BCUT2D eigenvalue weighted by atomic mass is 79.9. The van der Waals surface area contributed by atoms with E-state index in [4.69, 9.17) is 0 Å². The SMILES string of the molecule is Cc1nc(N(C)CC2CC(Br)C2)sc1C. The minimum atomic E-state index is 0.760. The first-order valence-electron chi connectivity index (χ1n) is 5.35. The Hall–Kier alpha value is -0.0900. The van der Waals surface area contributed by atoms with Crippen LogP contribution in [0.4, 0.5) is 5.13 Å². The highest BCUT2D eigenvalue weighted by molar-refractivity contribution is 9.09. The molecule has 1 aromatic rings. The van der Waals surface area contributed by atoms with Crippen molar-refractivity contribution in [3.8, 4) is 0 Å². The standard InChI is InChI=1S/C11H17BrN2S/c1-7-8(2)15-11(13-7)14(3)6-9-4-10(12)5-9/h9-10H,4-6H2,1-3H3. The fraction of sp³-hybridized carbons (Fsp3) is 0.727. The summed E-state index contributed by atoms with van der Waals surface area (Å²) in [4.78, 5) is 8.97. The lowest BCUT2D eigenvalue weighted by atomic mass is 9.85. The minimum Gasteiger partial charge on any atom is -0.351 e. The summed E-state index contributed by atoms with van der Waals surface area (Å²) in [5.41, 5.74) is 1.17. The van der Waals surface area contributed by atoms with Gasteiger partial charge in [0.15, 0.2) is 5.13 Å². The second-order valence-corrected chi connectivity index (χ2v) is 6.93. The molecule has 15 heavy (non-hydrogen) atoms. The molecule has 1 aromatic heterocycles. The largest absolute Gasteiger partial charge is 0.351 e. The van der Waals surface area contributed by atoms with Crippen molar-refractivity contribution in [2.45, 2.75) is 31.5 Å². The number of halogens is 1. The van der Waals surface area contributed by atoms with Gasteiger partial charge in [-0.1, -0.05) is 15.9 Å². The van der Waals surface area contributed by atoms with Gasteiger partial charge in [-0.3, -0.25) is 0 Å². The van der Waals surface area contributed by atoms with E-state index in [-0.39, 0.29) is 0 Å². The van der Waals surface area contributed by atoms with Gasteiger partial charge in [0.2, 0.25) is 0 Å². The molecule has 2 nitrogen and oxygen atoms in total. The maximum absolute atomic E-state index is 4.57. The Kier molecular flexibility index (Phi) is 3.36. The molecule has 1 fully saturated rings. The molecular formula is C11H17BrN2S. The molecule has 0 N–H and O–H groups in total. The van der Waals surface area contributed by atoms with Gasteiger partial charge in [-0.2, -0.15) is 0 Å². The van der Waals surface area contributed by atoms with E-state index in [0.717, 1.165) is 17.3 Å².